The zero-order valence-corrected chi connectivity index (χ0v) is 13.7. The minimum absolute atomic E-state index is 0.187. The molecule has 3 rings (SSSR count). The normalized spacial score (nSPS) is 11.9. The van der Waals surface area contributed by atoms with Gasteiger partial charge in [0.2, 0.25) is 5.91 Å². The van der Waals surface area contributed by atoms with Crippen LogP contribution in [-0.2, 0) is 11.3 Å². The minimum Gasteiger partial charge on any atom is -0.322 e. The molecule has 9 nitrogen and oxygen atoms in total. The van der Waals surface area contributed by atoms with Gasteiger partial charge in [-0.05, 0) is 24.6 Å². The molecule has 0 radical (unpaired) electrons. The van der Waals surface area contributed by atoms with Gasteiger partial charge < -0.3 is 5.32 Å². The summed E-state index contributed by atoms with van der Waals surface area (Å²) < 4.78 is 16.0. The topological polar surface area (TPSA) is 108 Å². The number of rotatable bonds is 6. The molecule has 1 N–H and O–H groups in total. The highest BCUT2D eigenvalue weighted by Gasteiger charge is 2.19. The van der Waals surface area contributed by atoms with Crippen molar-refractivity contribution in [1.82, 2.24) is 19.6 Å². The first-order valence-electron chi connectivity index (χ1n) is 7.68. The Bertz CT molecular complexity index is 951. The lowest BCUT2D eigenvalue weighted by Gasteiger charge is -2.10. The van der Waals surface area contributed by atoms with Gasteiger partial charge in [-0.3, -0.25) is 24.3 Å². The first-order chi connectivity index (χ1) is 12.4. The third-order valence-electron chi connectivity index (χ3n) is 3.71. The largest absolute Gasteiger partial charge is 0.322 e. The maximum absolute atomic E-state index is 13.2. The second-order valence-corrected chi connectivity index (χ2v) is 5.66. The number of aromatic nitrogens is 4. The first-order valence-corrected chi connectivity index (χ1v) is 7.68. The van der Waals surface area contributed by atoms with Gasteiger partial charge in [-0.15, -0.1) is 0 Å². The molecule has 26 heavy (non-hydrogen) atoms. The van der Waals surface area contributed by atoms with Crippen LogP contribution in [0.2, 0.25) is 0 Å². The molecule has 2 aromatic heterocycles. The Hall–Kier alpha value is -3.56. The van der Waals surface area contributed by atoms with Crippen LogP contribution in [-0.4, -0.2) is 30.4 Å². The van der Waals surface area contributed by atoms with Crippen molar-refractivity contribution in [2.45, 2.75) is 19.5 Å². The van der Waals surface area contributed by atoms with Crippen LogP contribution in [0.4, 0.5) is 15.8 Å². The number of anilines is 1. The summed E-state index contributed by atoms with van der Waals surface area (Å²) in [5.41, 5.74) is 1.01. The summed E-state index contributed by atoms with van der Waals surface area (Å²) in [4.78, 5) is 22.4. The van der Waals surface area contributed by atoms with Crippen molar-refractivity contribution in [3.63, 3.8) is 0 Å². The highest BCUT2D eigenvalue weighted by atomic mass is 19.1. The number of amides is 1. The van der Waals surface area contributed by atoms with Crippen LogP contribution >= 0.6 is 0 Å². The van der Waals surface area contributed by atoms with Gasteiger partial charge in [-0.1, -0.05) is 12.1 Å². The lowest BCUT2D eigenvalue weighted by Crippen LogP contribution is -2.23. The van der Waals surface area contributed by atoms with Crippen molar-refractivity contribution < 1.29 is 14.1 Å². The second-order valence-electron chi connectivity index (χ2n) is 5.66. The maximum atomic E-state index is 13.2. The van der Waals surface area contributed by atoms with Gasteiger partial charge in [0.1, 0.15) is 24.3 Å². The van der Waals surface area contributed by atoms with Crippen LogP contribution in [0.1, 0.15) is 18.5 Å². The fourth-order valence-corrected chi connectivity index (χ4v) is 2.34. The van der Waals surface area contributed by atoms with E-state index in [1.54, 1.807) is 29.9 Å². The molecule has 1 aromatic carbocycles. The Morgan fingerprint density at radius 2 is 2.15 bits per heavy atom. The average molecular weight is 358 g/mol. The highest BCUT2D eigenvalue weighted by Crippen LogP contribution is 2.15. The van der Waals surface area contributed by atoms with Crippen LogP contribution in [0.5, 0.6) is 0 Å². The number of benzene rings is 1. The molecule has 0 spiro atoms. The Morgan fingerprint density at radius 3 is 2.85 bits per heavy atom. The molecule has 0 bridgehead atoms. The molecule has 1 amide bonds. The van der Waals surface area contributed by atoms with E-state index in [1.165, 1.54) is 29.2 Å². The summed E-state index contributed by atoms with van der Waals surface area (Å²) in [5, 5.41) is 21.3. The molecule has 3 aromatic rings. The van der Waals surface area contributed by atoms with Gasteiger partial charge in [-0.2, -0.15) is 10.2 Å². The van der Waals surface area contributed by atoms with E-state index < -0.39 is 16.9 Å². The quantitative estimate of drug-likeness (QED) is 0.538. The Kier molecular flexibility index (Phi) is 4.74. The van der Waals surface area contributed by atoms with E-state index in [0.717, 1.165) is 11.8 Å². The van der Waals surface area contributed by atoms with E-state index in [1.807, 2.05) is 0 Å². The summed E-state index contributed by atoms with van der Waals surface area (Å²) >= 11 is 0. The van der Waals surface area contributed by atoms with Crippen molar-refractivity contribution in [1.29, 1.82) is 0 Å². The number of carbonyl (C=O) groups excluding carboxylic acids is 1. The lowest BCUT2D eigenvalue weighted by molar-refractivity contribution is -0.385. The molecule has 0 saturated carbocycles. The van der Waals surface area contributed by atoms with E-state index in [4.69, 9.17) is 0 Å². The predicted molar refractivity (Wildman–Crippen MR) is 90.0 cm³/mol. The monoisotopic (exact) mass is 358 g/mol. The number of nitrogens with one attached hydrogen (secondary N) is 1. The number of hydrogen-bond donors (Lipinski definition) is 1. The minimum atomic E-state index is -0.740. The zero-order valence-electron chi connectivity index (χ0n) is 13.7. The second kappa shape index (κ2) is 7.13. The first kappa shape index (κ1) is 17.3. The van der Waals surface area contributed by atoms with Crippen LogP contribution < -0.4 is 5.32 Å². The van der Waals surface area contributed by atoms with Gasteiger partial charge in [0, 0.05) is 6.20 Å². The van der Waals surface area contributed by atoms with Crippen LogP contribution in [0.3, 0.4) is 0 Å². The maximum Gasteiger partial charge on any atom is 0.307 e. The Morgan fingerprint density at radius 1 is 1.35 bits per heavy atom. The smallest absolute Gasteiger partial charge is 0.307 e. The van der Waals surface area contributed by atoms with Crippen molar-refractivity contribution in [2.75, 3.05) is 5.32 Å². The average Bonchev–Trinajstić information content (AvgIpc) is 3.24. The van der Waals surface area contributed by atoms with E-state index in [9.17, 15) is 19.3 Å². The molecular formula is C16H15FN6O3. The van der Waals surface area contributed by atoms with E-state index >= 15 is 0 Å². The summed E-state index contributed by atoms with van der Waals surface area (Å²) in [5.74, 6) is -0.723. The fourth-order valence-electron chi connectivity index (χ4n) is 2.34. The van der Waals surface area contributed by atoms with Gasteiger partial charge in [0.15, 0.2) is 0 Å². The molecule has 0 aliphatic rings. The van der Waals surface area contributed by atoms with Gasteiger partial charge in [0.25, 0.3) is 0 Å². The van der Waals surface area contributed by atoms with E-state index in [0.29, 0.717) is 12.2 Å². The number of carbonyl (C=O) groups is 1. The summed E-state index contributed by atoms with van der Waals surface area (Å²) in [6, 6.07) is 5.42. The molecule has 0 fully saturated rings. The SMILES string of the molecule is CC(C(=O)Nc1cnn(Cc2cccc(F)c2)c1)n1cc([N+](=O)[O-])cn1. The summed E-state index contributed by atoms with van der Waals surface area (Å²) in [7, 11) is 0. The number of nitrogens with zero attached hydrogens (tertiary/aromatic N) is 5. The van der Waals surface area contributed by atoms with Gasteiger partial charge in [0.05, 0.1) is 23.4 Å². The molecule has 0 aliphatic carbocycles. The predicted octanol–water partition coefficient (Wildman–Crippen LogP) is 2.37. The molecule has 1 atom stereocenters. The lowest BCUT2D eigenvalue weighted by atomic mass is 10.2. The Labute approximate surface area is 147 Å². The molecule has 0 aliphatic heterocycles. The third-order valence-corrected chi connectivity index (χ3v) is 3.71. The summed E-state index contributed by atoms with van der Waals surface area (Å²) in [6.45, 7) is 1.93. The van der Waals surface area contributed by atoms with Crippen LogP contribution in [0.25, 0.3) is 0 Å². The molecule has 1 unspecified atom stereocenters. The number of nitro groups is 1. The van der Waals surface area contributed by atoms with Gasteiger partial charge >= 0.3 is 5.69 Å². The molecule has 10 heteroatoms. The standard InChI is InChI=1S/C16H15FN6O3/c1-11(22-10-15(7-19-22)23(25)26)16(24)20-14-6-18-21(9-14)8-12-3-2-4-13(17)5-12/h2-7,9-11H,8H2,1H3,(H,20,24). The van der Waals surface area contributed by atoms with Gasteiger partial charge in [-0.25, -0.2) is 4.39 Å². The molecular weight excluding hydrogens is 343 g/mol. The molecule has 0 saturated heterocycles. The Balaban J connectivity index is 1.64. The zero-order chi connectivity index (χ0) is 18.7. The molecule has 2 heterocycles. The fraction of sp³-hybridized carbons (Fsp3) is 0.188. The van der Waals surface area contributed by atoms with Crippen LogP contribution in [0.15, 0.2) is 49.1 Å². The third kappa shape index (κ3) is 3.91. The summed E-state index contributed by atoms with van der Waals surface area (Å²) in [6.07, 6.45) is 5.36. The molecule has 134 valence electrons. The van der Waals surface area contributed by atoms with E-state index in [-0.39, 0.29) is 11.5 Å². The van der Waals surface area contributed by atoms with Crippen molar-refractivity contribution in [2.24, 2.45) is 0 Å². The van der Waals surface area contributed by atoms with Crippen molar-refractivity contribution >= 4 is 17.3 Å². The van der Waals surface area contributed by atoms with E-state index in [2.05, 4.69) is 15.5 Å². The van der Waals surface area contributed by atoms with Crippen LogP contribution in [0, 0.1) is 15.9 Å². The number of hydrogen-bond acceptors (Lipinski definition) is 5. The number of halogens is 1. The highest BCUT2D eigenvalue weighted by molar-refractivity contribution is 5.93. The van der Waals surface area contributed by atoms with Crippen molar-refractivity contribution in [3.8, 4) is 0 Å². The van der Waals surface area contributed by atoms with Crippen molar-refractivity contribution in [3.05, 3.63) is 70.5 Å².